The highest BCUT2D eigenvalue weighted by atomic mass is 16.6. The summed E-state index contributed by atoms with van der Waals surface area (Å²) < 4.78 is 15.9. The molecular formula is C12H16O4. The quantitative estimate of drug-likeness (QED) is 0.835. The predicted octanol–water partition coefficient (Wildman–Crippen LogP) is 1.22. The average molecular weight is 224 g/mol. The van der Waals surface area contributed by atoms with E-state index < -0.39 is 6.10 Å². The summed E-state index contributed by atoms with van der Waals surface area (Å²) in [5.74, 6) is 1.49. The van der Waals surface area contributed by atoms with Gasteiger partial charge in [0.05, 0.1) is 13.2 Å². The topological polar surface area (TPSA) is 47.9 Å². The molecule has 3 unspecified atom stereocenters. The summed E-state index contributed by atoms with van der Waals surface area (Å²) in [6, 6.07) is 7.40. The molecule has 0 radical (unpaired) electrons. The SMILES string of the molecule is COc1cccc(OC2CC(O)C2OC)c1. The van der Waals surface area contributed by atoms with Crippen LogP contribution < -0.4 is 9.47 Å². The number of rotatable bonds is 4. The van der Waals surface area contributed by atoms with E-state index in [0.29, 0.717) is 6.42 Å². The maximum atomic E-state index is 9.43. The lowest BCUT2D eigenvalue weighted by Gasteiger charge is -2.39. The lowest BCUT2D eigenvalue weighted by molar-refractivity contribution is -0.149. The third kappa shape index (κ3) is 2.13. The summed E-state index contributed by atoms with van der Waals surface area (Å²) in [5, 5.41) is 9.43. The van der Waals surface area contributed by atoms with Crippen molar-refractivity contribution in [3.8, 4) is 11.5 Å². The zero-order valence-electron chi connectivity index (χ0n) is 9.42. The van der Waals surface area contributed by atoms with Gasteiger partial charge in [0.1, 0.15) is 23.7 Å². The fourth-order valence-electron chi connectivity index (χ4n) is 1.83. The first-order chi connectivity index (χ1) is 7.74. The first-order valence-electron chi connectivity index (χ1n) is 5.26. The molecule has 1 fully saturated rings. The Morgan fingerprint density at radius 2 is 2.00 bits per heavy atom. The molecule has 3 atom stereocenters. The molecule has 1 aromatic carbocycles. The average Bonchev–Trinajstić information content (AvgIpc) is 2.29. The Morgan fingerprint density at radius 3 is 2.62 bits per heavy atom. The van der Waals surface area contributed by atoms with E-state index in [1.54, 1.807) is 14.2 Å². The molecule has 1 saturated carbocycles. The summed E-state index contributed by atoms with van der Waals surface area (Å²) in [6.45, 7) is 0. The molecule has 16 heavy (non-hydrogen) atoms. The summed E-state index contributed by atoms with van der Waals surface area (Å²) in [7, 11) is 3.19. The van der Waals surface area contributed by atoms with Crippen LogP contribution in [-0.4, -0.2) is 37.6 Å². The minimum absolute atomic E-state index is 0.0768. The minimum atomic E-state index is -0.416. The van der Waals surface area contributed by atoms with E-state index in [-0.39, 0.29) is 12.2 Å². The number of methoxy groups -OCH3 is 2. The molecule has 0 aliphatic heterocycles. The number of hydrogen-bond donors (Lipinski definition) is 1. The van der Waals surface area contributed by atoms with Crippen LogP contribution in [0.4, 0.5) is 0 Å². The molecule has 0 aromatic heterocycles. The van der Waals surface area contributed by atoms with E-state index >= 15 is 0 Å². The monoisotopic (exact) mass is 224 g/mol. The maximum Gasteiger partial charge on any atom is 0.130 e. The smallest absolute Gasteiger partial charge is 0.130 e. The predicted molar refractivity (Wildman–Crippen MR) is 58.8 cm³/mol. The second-order valence-corrected chi connectivity index (χ2v) is 3.84. The van der Waals surface area contributed by atoms with E-state index in [0.717, 1.165) is 11.5 Å². The number of ether oxygens (including phenoxy) is 3. The van der Waals surface area contributed by atoms with E-state index in [1.165, 1.54) is 0 Å². The van der Waals surface area contributed by atoms with Crippen LogP contribution in [0.1, 0.15) is 6.42 Å². The number of hydrogen-bond acceptors (Lipinski definition) is 4. The van der Waals surface area contributed by atoms with Gasteiger partial charge in [-0.2, -0.15) is 0 Å². The Bertz CT molecular complexity index is 353. The van der Waals surface area contributed by atoms with Gasteiger partial charge in [0, 0.05) is 19.6 Å². The second kappa shape index (κ2) is 4.72. The second-order valence-electron chi connectivity index (χ2n) is 3.84. The van der Waals surface area contributed by atoms with Crippen molar-refractivity contribution in [2.45, 2.75) is 24.7 Å². The lowest BCUT2D eigenvalue weighted by Crippen LogP contribution is -2.54. The Hall–Kier alpha value is -1.26. The number of benzene rings is 1. The van der Waals surface area contributed by atoms with Crippen molar-refractivity contribution in [1.82, 2.24) is 0 Å². The molecule has 0 saturated heterocycles. The van der Waals surface area contributed by atoms with Crippen LogP contribution in [0.2, 0.25) is 0 Å². The molecule has 1 aromatic rings. The Morgan fingerprint density at radius 1 is 1.25 bits per heavy atom. The maximum absolute atomic E-state index is 9.43. The highest BCUT2D eigenvalue weighted by Gasteiger charge is 2.42. The molecule has 1 N–H and O–H groups in total. The van der Waals surface area contributed by atoms with Crippen molar-refractivity contribution in [2.75, 3.05) is 14.2 Å². The van der Waals surface area contributed by atoms with Gasteiger partial charge >= 0.3 is 0 Å². The largest absolute Gasteiger partial charge is 0.497 e. The summed E-state index contributed by atoms with van der Waals surface area (Å²) in [6.07, 6.45) is -0.116. The zero-order valence-corrected chi connectivity index (χ0v) is 9.42. The van der Waals surface area contributed by atoms with Crippen molar-refractivity contribution >= 4 is 0 Å². The fourth-order valence-corrected chi connectivity index (χ4v) is 1.83. The first-order valence-corrected chi connectivity index (χ1v) is 5.26. The van der Waals surface area contributed by atoms with Crippen molar-refractivity contribution in [1.29, 1.82) is 0 Å². The highest BCUT2D eigenvalue weighted by molar-refractivity contribution is 5.33. The van der Waals surface area contributed by atoms with E-state index in [2.05, 4.69) is 0 Å². The van der Waals surface area contributed by atoms with E-state index in [9.17, 15) is 5.11 Å². The molecule has 0 amide bonds. The van der Waals surface area contributed by atoms with Gasteiger partial charge in [0.15, 0.2) is 0 Å². The molecule has 1 aliphatic rings. The summed E-state index contributed by atoms with van der Waals surface area (Å²) in [4.78, 5) is 0. The number of aliphatic hydroxyl groups excluding tert-OH is 1. The molecule has 0 bridgehead atoms. The molecule has 4 nitrogen and oxygen atoms in total. The van der Waals surface area contributed by atoms with Gasteiger partial charge < -0.3 is 19.3 Å². The van der Waals surface area contributed by atoms with Crippen molar-refractivity contribution in [2.24, 2.45) is 0 Å². The summed E-state index contributed by atoms with van der Waals surface area (Å²) in [5.41, 5.74) is 0. The summed E-state index contributed by atoms with van der Waals surface area (Å²) >= 11 is 0. The highest BCUT2D eigenvalue weighted by Crippen LogP contribution is 2.29. The van der Waals surface area contributed by atoms with E-state index in [1.807, 2.05) is 24.3 Å². The van der Waals surface area contributed by atoms with Gasteiger partial charge in [-0.25, -0.2) is 0 Å². The molecule has 88 valence electrons. The molecular weight excluding hydrogens is 208 g/mol. The lowest BCUT2D eigenvalue weighted by atomic mass is 9.88. The zero-order chi connectivity index (χ0) is 11.5. The third-order valence-electron chi connectivity index (χ3n) is 2.82. The Balaban J connectivity index is 1.99. The van der Waals surface area contributed by atoms with Crippen molar-refractivity contribution < 1.29 is 19.3 Å². The number of aliphatic hydroxyl groups is 1. The minimum Gasteiger partial charge on any atom is -0.497 e. The molecule has 4 heteroatoms. The van der Waals surface area contributed by atoms with Crippen LogP contribution >= 0.6 is 0 Å². The van der Waals surface area contributed by atoms with E-state index in [4.69, 9.17) is 14.2 Å². The van der Waals surface area contributed by atoms with Gasteiger partial charge in [-0.05, 0) is 12.1 Å². The van der Waals surface area contributed by atoms with Crippen molar-refractivity contribution in [3.63, 3.8) is 0 Å². The molecule has 2 rings (SSSR count). The van der Waals surface area contributed by atoms with Crippen LogP contribution in [-0.2, 0) is 4.74 Å². The van der Waals surface area contributed by atoms with Gasteiger partial charge in [-0.3, -0.25) is 0 Å². The van der Waals surface area contributed by atoms with Gasteiger partial charge in [0.2, 0.25) is 0 Å². The van der Waals surface area contributed by atoms with Crippen LogP contribution in [0.3, 0.4) is 0 Å². The van der Waals surface area contributed by atoms with Gasteiger partial charge in [-0.15, -0.1) is 0 Å². The molecule has 0 heterocycles. The van der Waals surface area contributed by atoms with Crippen LogP contribution in [0.15, 0.2) is 24.3 Å². The van der Waals surface area contributed by atoms with Gasteiger partial charge in [-0.1, -0.05) is 6.07 Å². The van der Waals surface area contributed by atoms with Crippen LogP contribution in [0.5, 0.6) is 11.5 Å². The Labute approximate surface area is 94.8 Å². The van der Waals surface area contributed by atoms with Gasteiger partial charge in [0.25, 0.3) is 0 Å². The standard InChI is InChI=1S/C12H16O4/c1-14-8-4-3-5-9(6-8)16-11-7-10(13)12(11)15-2/h3-6,10-13H,7H2,1-2H3. The normalized spacial score (nSPS) is 28.3. The molecule has 1 aliphatic carbocycles. The fraction of sp³-hybridized carbons (Fsp3) is 0.500. The van der Waals surface area contributed by atoms with Crippen molar-refractivity contribution in [3.05, 3.63) is 24.3 Å². The van der Waals surface area contributed by atoms with Crippen LogP contribution in [0.25, 0.3) is 0 Å². The Kier molecular flexibility index (Phi) is 3.31. The first kappa shape index (κ1) is 11.2. The molecule has 0 spiro atoms. The van der Waals surface area contributed by atoms with Crippen LogP contribution in [0, 0.1) is 0 Å². The third-order valence-corrected chi connectivity index (χ3v) is 2.82.